The van der Waals surface area contributed by atoms with Gasteiger partial charge < -0.3 is 14.8 Å². The second-order valence-corrected chi connectivity index (χ2v) is 7.14. The summed E-state index contributed by atoms with van der Waals surface area (Å²) in [7, 11) is 1.65. The van der Waals surface area contributed by atoms with Crippen LogP contribution in [0, 0.1) is 5.92 Å². The molecule has 1 N–H and O–H groups in total. The Bertz CT molecular complexity index is 568. The van der Waals surface area contributed by atoms with Crippen molar-refractivity contribution in [1.82, 2.24) is 10.2 Å². The van der Waals surface area contributed by atoms with Gasteiger partial charge in [-0.3, -0.25) is 9.69 Å². The van der Waals surface area contributed by atoms with E-state index in [1.54, 1.807) is 7.11 Å². The smallest absolute Gasteiger partial charge is 0.220 e. The van der Waals surface area contributed by atoms with Gasteiger partial charge in [0.25, 0.3) is 0 Å². The third-order valence-electron chi connectivity index (χ3n) is 5.28. The number of ether oxygens (including phenoxy) is 2. The van der Waals surface area contributed by atoms with Gasteiger partial charge in [-0.2, -0.15) is 0 Å². The monoisotopic (exact) mass is 346 g/mol. The molecule has 3 rings (SSSR count). The van der Waals surface area contributed by atoms with Crippen molar-refractivity contribution in [3.05, 3.63) is 29.3 Å². The van der Waals surface area contributed by atoms with Crippen LogP contribution in [-0.4, -0.2) is 50.8 Å². The van der Waals surface area contributed by atoms with Crippen LogP contribution in [0.3, 0.4) is 0 Å². The van der Waals surface area contributed by atoms with Crippen LogP contribution < -0.4 is 10.1 Å². The SMILES string of the molecule is COCCNC(=O)CCC1CCN(Cc2ccc3c(c2)CCO3)CC1. The molecule has 0 spiro atoms. The largest absolute Gasteiger partial charge is 0.493 e. The Morgan fingerprint density at radius 1 is 1.36 bits per heavy atom. The molecule has 0 aliphatic carbocycles. The zero-order valence-corrected chi connectivity index (χ0v) is 15.3. The molecule has 5 nitrogen and oxygen atoms in total. The minimum absolute atomic E-state index is 0.153. The lowest BCUT2D eigenvalue weighted by Gasteiger charge is -2.32. The van der Waals surface area contributed by atoms with E-state index >= 15 is 0 Å². The maximum absolute atomic E-state index is 11.8. The lowest BCUT2D eigenvalue weighted by atomic mass is 9.91. The molecule has 0 saturated carbocycles. The van der Waals surface area contributed by atoms with E-state index in [2.05, 4.69) is 28.4 Å². The van der Waals surface area contributed by atoms with Crippen LogP contribution in [0.5, 0.6) is 5.75 Å². The average molecular weight is 346 g/mol. The van der Waals surface area contributed by atoms with Gasteiger partial charge >= 0.3 is 0 Å². The minimum atomic E-state index is 0.153. The predicted molar refractivity (Wildman–Crippen MR) is 97.8 cm³/mol. The van der Waals surface area contributed by atoms with Crippen LogP contribution in [0.1, 0.15) is 36.8 Å². The van der Waals surface area contributed by atoms with Crippen molar-refractivity contribution in [2.24, 2.45) is 5.92 Å². The summed E-state index contributed by atoms with van der Waals surface area (Å²) in [5, 5.41) is 2.90. The highest BCUT2D eigenvalue weighted by atomic mass is 16.5. The Morgan fingerprint density at radius 3 is 3.00 bits per heavy atom. The molecule has 1 fully saturated rings. The third kappa shape index (κ3) is 5.44. The average Bonchev–Trinajstić information content (AvgIpc) is 3.09. The third-order valence-corrected chi connectivity index (χ3v) is 5.28. The number of nitrogens with one attached hydrogen (secondary N) is 1. The van der Waals surface area contributed by atoms with Crippen molar-refractivity contribution in [2.45, 2.75) is 38.6 Å². The minimum Gasteiger partial charge on any atom is -0.493 e. The molecule has 0 bridgehead atoms. The summed E-state index contributed by atoms with van der Waals surface area (Å²) in [6.45, 7) is 5.30. The summed E-state index contributed by atoms with van der Waals surface area (Å²) in [6, 6.07) is 6.62. The van der Waals surface area contributed by atoms with Gasteiger partial charge in [-0.05, 0) is 55.5 Å². The number of piperidine rings is 1. The first kappa shape index (κ1) is 18.2. The van der Waals surface area contributed by atoms with Crippen molar-refractivity contribution in [1.29, 1.82) is 0 Å². The van der Waals surface area contributed by atoms with E-state index < -0.39 is 0 Å². The van der Waals surface area contributed by atoms with E-state index in [9.17, 15) is 4.79 Å². The molecule has 2 aliphatic heterocycles. The van der Waals surface area contributed by atoms with E-state index in [0.717, 1.165) is 44.8 Å². The molecule has 2 aliphatic rings. The van der Waals surface area contributed by atoms with Gasteiger partial charge in [0.05, 0.1) is 13.2 Å². The lowest BCUT2D eigenvalue weighted by Crippen LogP contribution is -2.34. The number of amides is 1. The Hall–Kier alpha value is -1.59. The maximum atomic E-state index is 11.8. The van der Waals surface area contributed by atoms with Gasteiger partial charge in [-0.25, -0.2) is 0 Å². The molecule has 1 aromatic carbocycles. The molecule has 1 aromatic rings. The number of likely N-dealkylation sites (tertiary alicyclic amines) is 1. The molecule has 0 radical (unpaired) electrons. The molecular formula is C20H30N2O3. The topological polar surface area (TPSA) is 50.8 Å². The zero-order valence-electron chi connectivity index (χ0n) is 15.3. The molecule has 138 valence electrons. The maximum Gasteiger partial charge on any atom is 0.220 e. The van der Waals surface area contributed by atoms with Gasteiger partial charge in [0.1, 0.15) is 5.75 Å². The Kier molecular flexibility index (Phi) is 6.70. The fourth-order valence-corrected chi connectivity index (χ4v) is 3.75. The number of carbonyl (C=O) groups is 1. The van der Waals surface area contributed by atoms with Crippen molar-refractivity contribution in [3.63, 3.8) is 0 Å². The molecule has 0 unspecified atom stereocenters. The summed E-state index contributed by atoms with van der Waals surface area (Å²) in [4.78, 5) is 14.3. The van der Waals surface area contributed by atoms with E-state index in [-0.39, 0.29) is 5.91 Å². The fraction of sp³-hybridized carbons (Fsp3) is 0.650. The number of carbonyl (C=O) groups excluding carboxylic acids is 1. The Labute approximate surface area is 150 Å². The molecular weight excluding hydrogens is 316 g/mol. The van der Waals surface area contributed by atoms with Crippen molar-refractivity contribution >= 4 is 5.91 Å². The number of hydrogen-bond donors (Lipinski definition) is 1. The van der Waals surface area contributed by atoms with E-state index in [0.29, 0.717) is 25.5 Å². The highest BCUT2D eigenvalue weighted by Crippen LogP contribution is 2.27. The highest BCUT2D eigenvalue weighted by Gasteiger charge is 2.20. The molecule has 1 saturated heterocycles. The first-order valence-corrected chi connectivity index (χ1v) is 9.47. The van der Waals surface area contributed by atoms with E-state index in [1.807, 2.05) is 0 Å². The van der Waals surface area contributed by atoms with Gasteiger partial charge in [0.15, 0.2) is 0 Å². The highest BCUT2D eigenvalue weighted by molar-refractivity contribution is 5.75. The standard InChI is InChI=1S/C20H30N2O3/c1-24-13-9-21-20(23)5-3-16-6-10-22(11-7-16)15-17-2-4-19-18(14-17)8-12-25-19/h2,4,14,16H,3,5-13,15H2,1H3,(H,21,23). The second kappa shape index (κ2) is 9.20. The van der Waals surface area contributed by atoms with E-state index in [4.69, 9.17) is 9.47 Å². The molecule has 25 heavy (non-hydrogen) atoms. The van der Waals surface area contributed by atoms with Crippen molar-refractivity contribution in [3.8, 4) is 5.75 Å². The fourth-order valence-electron chi connectivity index (χ4n) is 3.75. The van der Waals surface area contributed by atoms with Crippen LogP contribution in [0.15, 0.2) is 18.2 Å². The van der Waals surface area contributed by atoms with Gasteiger partial charge in [0.2, 0.25) is 5.91 Å². The first-order valence-electron chi connectivity index (χ1n) is 9.47. The van der Waals surface area contributed by atoms with Crippen LogP contribution in [0.4, 0.5) is 0 Å². The summed E-state index contributed by atoms with van der Waals surface area (Å²) in [6.07, 6.45) is 5.07. The zero-order chi connectivity index (χ0) is 17.5. The summed E-state index contributed by atoms with van der Waals surface area (Å²) >= 11 is 0. The number of methoxy groups -OCH3 is 1. The van der Waals surface area contributed by atoms with Crippen molar-refractivity contribution in [2.75, 3.05) is 40.0 Å². The molecule has 1 amide bonds. The molecule has 5 heteroatoms. The second-order valence-electron chi connectivity index (χ2n) is 7.14. The van der Waals surface area contributed by atoms with Crippen LogP contribution in [0.2, 0.25) is 0 Å². The van der Waals surface area contributed by atoms with Gasteiger partial charge in [-0.15, -0.1) is 0 Å². The van der Waals surface area contributed by atoms with Gasteiger partial charge in [-0.1, -0.05) is 12.1 Å². The van der Waals surface area contributed by atoms with Crippen LogP contribution >= 0.6 is 0 Å². The predicted octanol–water partition coefficient (Wildman–Crippen LogP) is 2.38. The number of rotatable bonds is 8. The number of hydrogen-bond acceptors (Lipinski definition) is 4. The molecule has 2 heterocycles. The molecule has 0 aromatic heterocycles. The van der Waals surface area contributed by atoms with Crippen LogP contribution in [-0.2, 0) is 22.5 Å². The Morgan fingerprint density at radius 2 is 2.20 bits per heavy atom. The summed E-state index contributed by atoms with van der Waals surface area (Å²) in [5.41, 5.74) is 2.74. The molecule has 0 atom stereocenters. The van der Waals surface area contributed by atoms with Gasteiger partial charge in [0, 0.05) is 33.0 Å². The normalized spacial score (nSPS) is 18.0. The van der Waals surface area contributed by atoms with Crippen LogP contribution in [0.25, 0.3) is 0 Å². The number of fused-ring (bicyclic) bond motifs is 1. The summed E-state index contributed by atoms with van der Waals surface area (Å²) in [5.74, 6) is 1.89. The number of nitrogens with zero attached hydrogens (tertiary/aromatic N) is 1. The van der Waals surface area contributed by atoms with E-state index in [1.165, 1.54) is 24.0 Å². The summed E-state index contributed by atoms with van der Waals surface area (Å²) < 4.78 is 10.5. The first-order chi connectivity index (χ1) is 12.2. The number of benzene rings is 1. The Balaban J connectivity index is 1.35. The quantitative estimate of drug-likeness (QED) is 0.734. The lowest BCUT2D eigenvalue weighted by molar-refractivity contribution is -0.121. The van der Waals surface area contributed by atoms with Crippen molar-refractivity contribution < 1.29 is 14.3 Å².